The number of nitrogens with two attached hydrogens (primary N) is 1. The molecule has 1 atom stereocenters. The molecule has 5 nitrogen and oxygen atoms in total. The number of halogens is 1. The molecule has 17 heavy (non-hydrogen) atoms. The van der Waals surface area contributed by atoms with Crippen molar-refractivity contribution >= 4 is 18.3 Å². The maximum Gasteiger partial charge on any atom is 0.246 e. The van der Waals surface area contributed by atoms with Gasteiger partial charge in [-0.3, -0.25) is 4.79 Å². The molecule has 3 N–H and O–H groups in total. The van der Waals surface area contributed by atoms with Crippen LogP contribution in [0.25, 0.3) is 0 Å². The van der Waals surface area contributed by atoms with Crippen molar-refractivity contribution in [2.75, 3.05) is 33.5 Å². The molecule has 1 unspecified atom stereocenters. The summed E-state index contributed by atoms with van der Waals surface area (Å²) < 4.78 is 9.91. The summed E-state index contributed by atoms with van der Waals surface area (Å²) in [7, 11) is 1.60. The molecule has 0 aliphatic carbocycles. The van der Waals surface area contributed by atoms with Gasteiger partial charge >= 0.3 is 0 Å². The van der Waals surface area contributed by atoms with E-state index in [4.69, 9.17) is 15.2 Å². The lowest BCUT2D eigenvalue weighted by molar-refractivity contribution is -0.126. The number of amides is 1. The monoisotopic (exact) mass is 268 g/mol. The van der Waals surface area contributed by atoms with E-state index >= 15 is 0 Å². The minimum Gasteiger partial charge on any atom is -0.382 e. The van der Waals surface area contributed by atoms with Crippen molar-refractivity contribution in [3.05, 3.63) is 0 Å². The SMILES string of the molecule is CCCCC(CN)NC(=O)COCCOC.Cl. The zero-order valence-electron chi connectivity index (χ0n) is 10.7. The molecular formula is C11H25ClN2O3. The number of carbonyl (C=O) groups is 1. The molecule has 104 valence electrons. The largest absolute Gasteiger partial charge is 0.382 e. The Morgan fingerprint density at radius 3 is 2.65 bits per heavy atom. The first-order valence-electron chi connectivity index (χ1n) is 5.80. The van der Waals surface area contributed by atoms with Gasteiger partial charge in [-0.1, -0.05) is 19.8 Å². The van der Waals surface area contributed by atoms with Crippen molar-refractivity contribution in [2.24, 2.45) is 5.73 Å². The first kappa shape index (κ1) is 19.0. The Morgan fingerprint density at radius 2 is 2.12 bits per heavy atom. The average molecular weight is 269 g/mol. The molecule has 6 heteroatoms. The van der Waals surface area contributed by atoms with E-state index in [0.29, 0.717) is 19.8 Å². The zero-order chi connectivity index (χ0) is 12.2. The number of ether oxygens (including phenoxy) is 2. The summed E-state index contributed by atoms with van der Waals surface area (Å²) in [4.78, 5) is 11.4. The van der Waals surface area contributed by atoms with Gasteiger partial charge in [0.1, 0.15) is 6.61 Å². The summed E-state index contributed by atoms with van der Waals surface area (Å²) in [5.41, 5.74) is 5.56. The van der Waals surface area contributed by atoms with Crippen LogP contribution >= 0.6 is 12.4 Å². The third-order valence-corrected chi connectivity index (χ3v) is 2.22. The topological polar surface area (TPSA) is 73.6 Å². The lowest BCUT2D eigenvalue weighted by atomic mass is 10.1. The minimum absolute atomic E-state index is 0. The molecule has 1 amide bonds. The number of rotatable bonds is 10. The highest BCUT2D eigenvalue weighted by Crippen LogP contribution is 1.98. The highest BCUT2D eigenvalue weighted by molar-refractivity contribution is 5.85. The highest BCUT2D eigenvalue weighted by Gasteiger charge is 2.09. The Kier molecular flexibility index (Phi) is 15.3. The van der Waals surface area contributed by atoms with Gasteiger partial charge in [-0.15, -0.1) is 12.4 Å². The molecule has 0 heterocycles. The summed E-state index contributed by atoms with van der Waals surface area (Å²) in [6.07, 6.45) is 3.11. The van der Waals surface area contributed by atoms with Crippen molar-refractivity contribution in [3.63, 3.8) is 0 Å². The Hall–Kier alpha value is -0.360. The summed E-state index contributed by atoms with van der Waals surface area (Å²) in [6, 6.07) is 0.0680. The van der Waals surface area contributed by atoms with Gasteiger partial charge in [0.2, 0.25) is 5.91 Å². The maximum atomic E-state index is 11.4. The van der Waals surface area contributed by atoms with Crippen LogP contribution in [0.4, 0.5) is 0 Å². The van der Waals surface area contributed by atoms with Gasteiger partial charge in [0, 0.05) is 19.7 Å². The Balaban J connectivity index is 0. The van der Waals surface area contributed by atoms with Crippen molar-refractivity contribution in [3.8, 4) is 0 Å². The molecule has 0 aliphatic rings. The van der Waals surface area contributed by atoms with Crippen LogP contribution in [0.2, 0.25) is 0 Å². The molecule has 0 rings (SSSR count). The number of methoxy groups -OCH3 is 1. The fraction of sp³-hybridized carbons (Fsp3) is 0.909. The van der Waals surface area contributed by atoms with Crippen LogP contribution in [-0.4, -0.2) is 45.4 Å². The fourth-order valence-electron chi connectivity index (χ4n) is 1.28. The van der Waals surface area contributed by atoms with Crippen molar-refractivity contribution in [2.45, 2.75) is 32.2 Å². The molecule has 0 radical (unpaired) electrons. The molecular weight excluding hydrogens is 244 g/mol. The number of carbonyl (C=O) groups excluding carboxylic acids is 1. The standard InChI is InChI=1S/C11H24N2O3.ClH/c1-3-4-5-10(8-12)13-11(14)9-16-7-6-15-2;/h10H,3-9,12H2,1-2H3,(H,13,14);1H. The van der Waals surface area contributed by atoms with Crippen LogP contribution in [0.3, 0.4) is 0 Å². The van der Waals surface area contributed by atoms with Crippen LogP contribution in [0.15, 0.2) is 0 Å². The number of hydrogen-bond acceptors (Lipinski definition) is 4. The highest BCUT2D eigenvalue weighted by atomic mass is 35.5. The maximum absolute atomic E-state index is 11.4. The second kappa shape index (κ2) is 13.7. The van der Waals surface area contributed by atoms with Gasteiger partial charge < -0.3 is 20.5 Å². The van der Waals surface area contributed by atoms with Gasteiger partial charge in [0.25, 0.3) is 0 Å². The molecule has 0 fully saturated rings. The Labute approximate surface area is 110 Å². The summed E-state index contributed by atoms with van der Waals surface area (Å²) in [5.74, 6) is -0.109. The number of nitrogens with one attached hydrogen (secondary N) is 1. The Bertz CT molecular complexity index is 182. The molecule has 0 spiro atoms. The Morgan fingerprint density at radius 1 is 1.41 bits per heavy atom. The quantitative estimate of drug-likeness (QED) is 0.572. The van der Waals surface area contributed by atoms with E-state index in [0.717, 1.165) is 19.3 Å². The molecule has 0 aromatic heterocycles. The van der Waals surface area contributed by atoms with E-state index in [1.807, 2.05) is 0 Å². The predicted octanol–water partition coefficient (Wildman–Crippen LogP) is 0.705. The summed E-state index contributed by atoms with van der Waals surface area (Å²) in [5, 5.41) is 2.85. The van der Waals surface area contributed by atoms with Crippen molar-refractivity contribution in [1.82, 2.24) is 5.32 Å². The summed E-state index contributed by atoms with van der Waals surface area (Å²) in [6.45, 7) is 3.61. The summed E-state index contributed by atoms with van der Waals surface area (Å²) >= 11 is 0. The van der Waals surface area contributed by atoms with E-state index in [-0.39, 0.29) is 31.0 Å². The fourth-order valence-corrected chi connectivity index (χ4v) is 1.28. The molecule has 0 bridgehead atoms. The smallest absolute Gasteiger partial charge is 0.246 e. The van der Waals surface area contributed by atoms with Crippen LogP contribution in [0.5, 0.6) is 0 Å². The van der Waals surface area contributed by atoms with E-state index in [1.54, 1.807) is 7.11 Å². The van der Waals surface area contributed by atoms with Gasteiger partial charge in [0.15, 0.2) is 0 Å². The van der Waals surface area contributed by atoms with E-state index in [9.17, 15) is 4.79 Å². The van der Waals surface area contributed by atoms with Crippen LogP contribution < -0.4 is 11.1 Å². The van der Waals surface area contributed by atoms with E-state index < -0.39 is 0 Å². The number of unbranched alkanes of at least 4 members (excludes halogenated alkanes) is 1. The molecule has 0 aromatic rings. The van der Waals surface area contributed by atoms with Crippen molar-refractivity contribution in [1.29, 1.82) is 0 Å². The van der Waals surface area contributed by atoms with E-state index in [1.165, 1.54) is 0 Å². The van der Waals surface area contributed by atoms with E-state index in [2.05, 4.69) is 12.2 Å². The van der Waals surface area contributed by atoms with Crippen LogP contribution in [0, 0.1) is 0 Å². The lowest BCUT2D eigenvalue weighted by Crippen LogP contribution is -2.42. The van der Waals surface area contributed by atoms with Crippen LogP contribution in [0.1, 0.15) is 26.2 Å². The molecule has 0 saturated heterocycles. The average Bonchev–Trinajstić information content (AvgIpc) is 2.30. The van der Waals surface area contributed by atoms with Gasteiger partial charge in [-0.2, -0.15) is 0 Å². The normalized spacial score (nSPS) is 11.7. The lowest BCUT2D eigenvalue weighted by Gasteiger charge is -2.16. The zero-order valence-corrected chi connectivity index (χ0v) is 11.6. The van der Waals surface area contributed by atoms with Crippen LogP contribution in [-0.2, 0) is 14.3 Å². The van der Waals surface area contributed by atoms with Gasteiger partial charge in [-0.05, 0) is 6.42 Å². The second-order valence-electron chi connectivity index (χ2n) is 3.69. The first-order chi connectivity index (χ1) is 7.74. The predicted molar refractivity (Wildman–Crippen MR) is 70.5 cm³/mol. The van der Waals surface area contributed by atoms with Crippen molar-refractivity contribution < 1.29 is 14.3 Å². The number of hydrogen-bond donors (Lipinski definition) is 2. The molecule has 0 aliphatic heterocycles. The van der Waals surface area contributed by atoms with Gasteiger partial charge in [-0.25, -0.2) is 0 Å². The third-order valence-electron chi connectivity index (χ3n) is 2.22. The third kappa shape index (κ3) is 11.9. The second-order valence-corrected chi connectivity index (χ2v) is 3.69. The van der Waals surface area contributed by atoms with Gasteiger partial charge in [0.05, 0.1) is 13.2 Å². The minimum atomic E-state index is -0.109. The molecule has 0 aromatic carbocycles. The first-order valence-corrected chi connectivity index (χ1v) is 5.80. The molecule has 0 saturated carbocycles.